The van der Waals surface area contributed by atoms with Gasteiger partial charge >= 0.3 is 0 Å². The Morgan fingerprint density at radius 3 is 2.69 bits per heavy atom. The second-order valence-corrected chi connectivity index (χ2v) is 4.05. The third kappa shape index (κ3) is 2.70. The molecule has 2 aromatic rings. The maximum absolute atomic E-state index is 4.18. The normalized spacial score (nSPS) is 12.6. The molecule has 0 aliphatic carbocycles. The number of hydrogen-bond donors (Lipinski definition) is 2. The topological polar surface area (TPSA) is 40.7 Å². The number of aromatic amines is 1. The highest BCUT2D eigenvalue weighted by molar-refractivity contribution is 5.23. The Morgan fingerprint density at radius 1 is 1.31 bits per heavy atom. The first kappa shape index (κ1) is 10.9. The van der Waals surface area contributed by atoms with Gasteiger partial charge in [0, 0.05) is 18.4 Å². The smallest absolute Gasteiger partial charge is 0.120 e. The first-order valence-electron chi connectivity index (χ1n) is 5.54. The molecule has 2 rings (SSSR count). The van der Waals surface area contributed by atoms with Crippen LogP contribution in [-0.2, 0) is 6.54 Å². The highest BCUT2D eigenvalue weighted by atomic mass is 15.0. The summed E-state index contributed by atoms with van der Waals surface area (Å²) in [4.78, 5) is 7.26. The number of rotatable bonds is 4. The molecular formula is C13H17N3. The Hall–Kier alpha value is -1.61. The zero-order valence-electron chi connectivity index (χ0n) is 9.70. The summed E-state index contributed by atoms with van der Waals surface area (Å²) >= 11 is 0. The standard InChI is InChI=1S/C13H17N3/c1-10-3-5-12(6-4-10)11(2)16-9-13-14-7-8-15-13/h3-8,11,16H,9H2,1-2H3,(H,14,15)/t11-/m1/s1. The highest BCUT2D eigenvalue weighted by Crippen LogP contribution is 2.13. The maximum Gasteiger partial charge on any atom is 0.120 e. The van der Waals surface area contributed by atoms with Crippen LogP contribution in [0.5, 0.6) is 0 Å². The van der Waals surface area contributed by atoms with Crippen molar-refractivity contribution < 1.29 is 0 Å². The van der Waals surface area contributed by atoms with E-state index in [1.807, 2.05) is 6.20 Å². The number of imidazole rings is 1. The fourth-order valence-corrected chi connectivity index (χ4v) is 1.62. The van der Waals surface area contributed by atoms with E-state index < -0.39 is 0 Å². The van der Waals surface area contributed by atoms with Crippen LogP contribution in [0.4, 0.5) is 0 Å². The molecule has 0 aliphatic rings. The van der Waals surface area contributed by atoms with Crippen molar-refractivity contribution in [1.29, 1.82) is 0 Å². The van der Waals surface area contributed by atoms with Crippen LogP contribution in [0.25, 0.3) is 0 Å². The van der Waals surface area contributed by atoms with E-state index in [2.05, 4.69) is 53.4 Å². The molecule has 0 bridgehead atoms. The van der Waals surface area contributed by atoms with E-state index in [0.717, 1.165) is 12.4 Å². The van der Waals surface area contributed by atoms with Gasteiger partial charge in [-0.25, -0.2) is 4.98 Å². The van der Waals surface area contributed by atoms with Gasteiger partial charge < -0.3 is 10.3 Å². The van der Waals surface area contributed by atoms with Gasteiger partial charge in [0.25, 0.3) is 0 Å². The van der Waals surface area contributed by atoms with E-state index in [-0.39, 0.29) is 0 Å². The first-order valence-corrected chi connectivity index (χ1v) is 5.54. The van der Waals surface area contributed by atoms with E-state index in [4.69, 9.17) is 0 Å². The quantitative estimate of drug-likeness (QED) is 0.823. The third-order valence-corrected chi connectivity index (χ3v) is 2.71. The second-order valence-electron chi connectivity index (χ2n) is 4.05. The van der Waals surface area contributed by atoms with Crippen LogP contribution in [0.1, 0.15) is 29.9 Å². The van der Waals surface area contributed by atoms with Crippen molar-refractivity contribution in [2.45, 2.75) is 26.4 Å². The monoisotopic (exact) mass is 215 g/mol. The molecule has 0 unspecified atom stereocenters. The summed E-state index contributed by atoms with van der Waals surface area (Å²) in [5.41, 5.74) is 2.60. The number of aryl methyl sites for hydroxylation is 1. The van der Waals surface area contributed by atoms with E-state index >= 15 is 0 Å². The molecule has 3 nitrogen and oxygen atoms in total. The molecule has 16 heavy (non-hydrogen) atoms. The maximum atomic E-state index is 4.18. The van der Waals surface area contributed by atoms with Crippen molar-refractivity contribution in [3.05, 3.63) is 53.6 Å². The molecule has 0 saturated carbocycles. The predicted octanol–water partition coefficient (Wildman–Crippen LogP) is 2.57. The van der Waals surface area contributed by atoms with Crippen LogP contribution in [0.2, 0.25) is 0 Å². The number of aromatic nitrogens is 2. The molecule has 84 valence electrons. The molecule has 0 amide bonds. The van der Waals surface area contributed by atoms with Gasteiger partial charge in [0.05, 0.1) is 6.54 Å². The lowest BCUT2D eigenvalue weighted by atomic mass is 10.1. The minimum absolute atomic E-state index is 0.339. The zero-order valence-corrected chi connectivity index (χ0v) is 9.70. The van der Waals surface area contributed by atoms with Crippen LogP contribution < -0.4 is 5.32 Å². The van der Waals surface area contributed by atoms with Crippen molar-refractivity contribution in [2.24, 2.45) is 0 Å². The second kappa shape index (κ2) is 4.94. The van der Waals surface area contributed by atoms with Crippen LogP contribution in [-0.4, -0.2) is 9.97 Å². The number of nitrogens with zero attached hydrogens (tertiary/aromatic N) is 1. The van der Waals surface area contributed by atoms with Crippen molar-refractivity contribution in [2.75, 3.05) is 0 Å². The van der Waals surface area contributed by atoms with Crippen LogP contribution in [0, 0.1) is 6.92 Å². The molecule has 2 N–H and O–H groups in total. The van der Waals surface area contributed by atoms with Crippen molar-refractivity contribution in [1.82, 2.24) is 15.3 Å². The Morgan fingerprint density at radius 2 is 2.06 bits per heavy atom. The number of hydrogen-bond acceptors (Lipinski definition) is 2. The molecule has 1 aromatic heterocycles. The lowest BCUT2D eigenvalue weighted by Gasteiger charge is -2.13. The van der Waals surface area contributed by atoms with Gasteiger partial charge in [-0.1, -0.05) is 29.8 Å². The summed E-state index contributed by atoms with van der Waals surface area (Å²) in [6.07, 6.45) is 3.61. The Bertz CT molecular complexity index is 417. The minimum Gasteiger partial charge on any atom is -0.348 e. The first-order chi connectivity index (χ1) is 7.75. The van der Waals surface area contributed by atoms with E-state index in [1.165, 1.54) is 11.1 Å². The fourth-order valence-electron chi connectivity index (χ4n) is 1.62. The van der Waals surface area contributed by atoms with Crippen molar-refractivity contribution >= 4 is 0 Å². The molecule has 1 aromatic carbocycles. The Balaban J connectivity index is 1.93. The summed E-state index contributed by atoms with van der Waals surface area (Å²) < 4.78 is 0. The van der Waals surface area contributed by atoms with Crippen LogP contribution in [0.15, 0.2) is 36.7 Å². The summed E-state index contributed by atoms with van der Waals surface area (Å²) in [5.74, 6) is 0.971. The average molecular weight is 215 g/mol. The number of nitrogens with one attached hydrogen (secondary N) is 2. The molecule has 1 heterocycles. The molecule has 0 aliphatic heterocycles. The molecule has 0 spiro atoms. The number of H-pyrrole nitrogens is 1. The lowest BCUT2D eigenvalue weighted by Crippen LogP contribution is -2.18. The zero-order chi connectivity index (χ0) is 11.4. The van der Waals surface area contributed by atoms with Crippen LogP contribution >= 0.6 is 0 Å². The summed E-state index contributed by atoms with van der Waals surface area (Å²) in [6.45, 7) is 5.03. The molecule has 1 atom stereocenters. The Kier molecular flexibility index (Phi) is 3.37. The lowest BCUT2D eigenvalue weighted by molar-refractivity contribution is 0.562. The van der Waals surface area contributed by atoms with Gasteiger partial charge in [-0.05, 0) is 19.4 Å². The van der Waals surface area contributed by atoms with Gasteiger partial charge in [-0.15, -0.1) is 0 Å². The van der Waals surface area contributed by atoms with Crippen molar-refractivity contribution in [3.63, 3.8) is 0 Å². The summed E-state index contributed by atoms with van der Waals surface area (Å²) in [7, 11) is 0. The minimum atomic E-state index is 0.339. The molecule has 3 heteroatoms. The van der Waals surface area contributed by atoms with Gasteiger partial charge in [0.1, 0.15) is 5.82 Å². The molecule has 0 fully saturated rings. The van der Waals surface area contributed by atoms with Crippen LogP contribution in [0.3, 0.4) is 0 Å². The van der Waals surface area contributed by atoms with Gasteiger partial charge in [-0.2, -0.15) is 0 Å². The highest BCUT2D eigenvalue weighted by Gasteiger charge is 2.04. The number of benzene rings is 1. The summed E-state index contributed by atoms with van der Waals surface area (Å²) in [5, 5.41) is 3.43. The van der Waals surface area contributed by atoms with Crippen molar-refractivity contribution in [3.8, 4) is 0 Å². The van der Waals surface area contributed by atoms with Gasteiger partial charge in [0.2, 0.25) is 0 Å². The van der Waals surface area contributed by atoms with Gasteiger partial charge in [-0.3, -0.25) is 0 Å². The largest absolute Gasteiger partial charge is 0.348 e. The van der Waals surface area contributed by atoms with E-state index in [9.17, 15) is 0 Å². The molecule has 0 saturated heterocycles. The average Bonchev–Trinajstić information content (AvgIpc) is 2.80. The van der Waals surface area contributed by atoms with E-state index in [0.29, 0.717) is 6.04 Å². The van der Waals surface area contributed by atoms with Gasteiger partial charge in [0.15, 0.2) is 0 Å². The summed E-state index contributed by atoms with van der Waals surface area (Å²) in [6, 6.07) is 8.94. The predicted molar refractivity (Wildman–Crippen MR) is 65.0 cm³/mol. The molecular weight excluding hydrogens is 198 g/mol. The SMILES string of the molecule is Cc1ccc([C@@H](C)NCc2ncc[nH]2)cc1. The van der Waals surface area contributed by atoms with E-state index in [1.54, 1.807) is 6.20 Å². The Labute approximate surface area is 95.9 Å². The fraction of sp³-hybridized carbons (Fsp3) is 0.308. The molecule has 0 radical (unpaired) electrons. The third-order valence-electron chi connectivity index (χ3n) is 2.71.